The van der Waals surface area contributed by atoms with Crippen LogP contribution in [0.3, 0.4) is 0 Å². The van der Waals surface area contributed by atoms with Gasteiger partial charge in [0.2, 0.25) is 5.91 Å². The number of nitrogens with one attached hydrogen (secondary N) is 1. The van der Waals surface area contributed by atoms with Crippen LogP contribution in [0.1, 0.15) is 24.6 Å². The molecule has 3 nitrogen and oxygen atoms in total. The second kappa shape index (κ2) is 7.16. The molecular formula is C13H19NO2S2. The molecule has 0 radical (unpaired) electrons. The van der Waals surface area contributed by atoms with Gasteiger partial charge in [-0.1, -0.05) is 6.07 Å². The zero-order valence-corrected chi connectivity index (χ0v) is 12.2. The van der Waals surface area contributed by atoms with E-state index in [9.17, 15) is 4.79 Å². The van der Waals surface area contributed by atoms with Crippen molar-refractivity contribution >= 4 is 29.0 Å². The Morgan fingerprint density at radius 2 is 2.61 bits per heavy atom. The summed E-state index contributed by atoms with van der Waals surface area (Å²) in [5.74, 6) is 1.55. The number of thiophene rings is 1. The minimum atomic E-state index is 0.111. The van der Waals surface area contributed by atoms with E-state index in [1.54, 1.807) is 23.1 Å². The molecule has 0 bridgehead atoms. The minimum absolute atomic E-state index is 0.111. The minimum Gasteiger partial charge on any atom is -0.376 e. The van der Waals surface area contributed by atoms with Crippen molar-refractivity contribution in [3.05, 3.63) is 22.4 Å². The smallest absolute Gasteiger partial charge is 0.230 e. The third-order valence-corrected chi connectivity index (χ3v) is 5.01. The van der Waals surface area contributed by atoms with Crippen LogP contribution in [0.2, 0.25) is 0 Å². The zero-order chi connectivity index (χ0) is 12.8. The number of thioether (sulfide) groups is 1. The van der Waals surface area contributed by atoms with E-state index in [2.05, 4.69) is 16.8 Å². The maximum Gasteiger partial charge on any atom is 0.230 e. The van der Waals surface area contributed by atoms with Crippen LogP contribution in [-0.4, -0.2) is 30.4 Å². The quantitative estimate of drug-likeness (QED) is 0.873. The van der Waals surface area contributed by atoms with Gasteiger partial charge < -0.3 is 10.1 Å². The fourth-order valence-corrected chi connectivity index (χ4v) is 3.70. The van der Waals surface area contributed by atoms with Crippen molar-refractivity contribution in [2.24, 2.45) is 0 Å². The van der Waals surface area contributed by atoms with Gasteiger partial charge in [0, 0.05) is 17.2 Å². The van der Waals surface area contributed by atoms with Crippen molar-refractivity contribution in [2.75, 3.05) is 12.4 Å². The lowest BCUT2D eigenvalue weighted by molar-refractivity contribution is -0.120. The fourth-order valence-electron chi connectivity index (χ4n) is 2.02. The van der Waals surface area contributed by atoms with Gasteiger partial charge in [0.15, 0.2) is 0 Å². The van der Waals surface area contributed by atoms with Gasteiger partial charge in [-0.15, -0.1) is 23.1 Å². The van der Waals surface area contributed by atoms with Gasteiger partial charge in [-0.05, 0) is 31.2 Å². The van der Waals surface area contributed by atoms with E-state index in [1.165, 1.54) is 4.88 Å². The highest BCUT2D eigenvalue weighted by atomic mass is 32.2. The molecule has 2 heterocycles. The number of hydrogen-bond acceptors (Lipinski definition) is 4. The van der Waals surface area contributed by atoms with Crippen LogP contribution >= 0.6 is 23.1 Å². The van der Waals surface area contributed by atoms with E-state index in [0.717, 1.165) is 25.2 Å². The fraction of sp³-hybridized carbons (Fsp3) is 0.615. The molecule has 0 unspecified atom stereocenters. The summed E-state index contributed by atoms with van der Waals surface area (Å²) in [6.07, 6.45) is 2.37. The lowest BCUT2D eigenvalue weighted by atomic mass is 10.1. The number of ether oxygens (including phenoxy) is 1. The van der Waals surface area contributed by atoms with E-state index in [-0.39, 0.29) is 18.1 Å². The molecule has 0 saturated carbocycles. The Hall–Kier alpha value is -0.520. The second-order valence-electron chi connectivity index (χ2n) is 4.48. The maximum absolute atomic E-state index is 11.8. The predicted octanol–water partition coefficient (Wildman–Crippen LogP) is 2.67. The topological polar surface area (TPSA) is 38.3 Å². The summed E-state index contributed by atoms with van der Waals surface area (Å²) in [5.41, 5.74) is 0. The first-order valence-corrected chi connectivity index (χ1v) is 8.30. The van der Waals surface area contributed by atoms with Crippen molar-refractivity contribution in [1.82, 2.24) is 5.32 Å². The first-order chi connectivity index (χ1) is 8.75. The summed E-state index contributed by atoms with van der Waals surface area (Å²) < 4.78 is 5.56. The number of amides is 1. The summed E-state index contributed by atoms with van der Waals surface area (Å²) >= 11 is 3.40. The van der Waals surface area contributed by atoms with Crippen molar-refractivity contribution < 1.29 is 9.53 Å². The Kier molecular flexibility index (Phi) is 5.53. The molecule has 5 heteroatoms. The Morgan fingerprint density at radius 1 is 1.72 bits per heavy atom. The van der Waals surface area contributed by atoms with E-state index in [4.69, 9.17) is 4.74 Å². The Labute approximate surface area is 116 Å². The molecule has 2 atom stereocenters. The predicted molar refractivity (Wildman–Crippen MR) is 77.1 cm³/mol. The van der Waals surface area contributed by atoms with Crippen molar-refractivity contribution in [3.8, 4) is 0 Å². The number of hydrogen-bond donors (Lipinski definition) is 1. The highest BCUT2D eigenvalue weighted by molar-refractivity contribution is 7.99. The average molecular weight is 285 g/mol. The third kappa shape index (κ3) is 4.30. The Bertz CT molecular complexity index is 361. The largest absolute Gasteiger partial charge is 0.376 e. The maximum atomic E-state index is 11.8. The van der Waals surface area contributed by atoms with Gasteiger partial charge in [0.1, 0.15) is 0 Å². The van der Waals surface area contributed by atoms with Gasteiger partial charge in [0.25, 0.3) is 0 Å². The van der Waals surface area contributed by atoms with Gasteiger partial charge in [-0.2, -0.15) is 0 Å². The molecule has 1 fully saturated rings. The molecular weight excluding hydrogens is 266 g/mol. The Balaban J connectivity index is 1.62. The summed E-state index contributed by atoms with van der Waals surface area (Å²) in [5, 5.41) is 5.09. The summed E-state index contributed by atoms with van der Waals surface area (Å²) in [6.45, 7) is 2.86. The average Bonchev–Trinajstić information content (AvgIpc) is 3.02. The molecule has 1 aliphatic rings. The molecule has 0 aliphatic carbocycles. The molecule has 1 aliphatic heterocycles. The van der Waals surface area contributed by atoms with Crippen LogP contribution < -0.4 is 5.32 Å². The molecule has 1 aromatic rings. The molecule has 1 amide bonds. The first kappa shape index (κ1) is 13.9. The van der Waals surface area contributed by atoms with Gasteiger partial charge in [-0.25, -0.2) is 0 Å². The molecule has 1 aromatic heterocycles. The van der Waals surface area contributed by atoms with Gasteiger partial charge >= 0.3 is 0 Å². The van der Waals surface area contributed by atoms with Crippen LogP contribution in [0.5, 0.6) is 0 Å². The molecule has 0 spiro atoms. The number of rotatable bonds is 6. The standard InChI is InChI=1S/C13H19NO2S2/c1-10(12-5-2-6-16-12)14-13(15)9-17-8-11-4-3-7-18-11/h3-4,7,10,12H,2,5-6,8-9H2,1H3,(H,14,15)/t10-,12-/m0/s1. The molecule has 0 aromatic carbocycles. The lowest BCUT2D eigenvalue weighted by Gasteiger charge is -2.19. The van der Waals surface area contributed by atoms with Crippen molar-refractivity contribution in [3.63, 3.8) is 0 Å². The molecule has 2 rings (SSSR count). The number of carbonyl (C=O) groups excluding carboxylic acids is 1. The highest BCUT2D eigenvalue weighted by Crippen LogP contribution is 2.18. The Morgan fingerprint density at radius 3 is 3.28 bits per heavy atom. The van der Waals surface area contributed by atoms with Crippen LogP contribution in [0, 0.1) is 0 Å². The summed E-state index contributed by atoms with van der Waals surface area (Å²) in [4.78, 5) is 13.1. The molecule has 18 heavy (non-hydrogen) atoms. The second-order valence-corrected chi connectivity index (χ2v) is 6.50. The molecule has 1 N–H and O–H groups in total. The van der Waals surface area contributed by atoms with Crippen LogP contribution in [0.25, 0.3) is 0 Å². The SMILES string of the molecule is C[C@H](NC(=O)CSCc1cccs1)[C@@H]1CCCO1. The summed E-state index contributed by atoms with van der Waals surface area (Å²) in [6, 6.07) is 4.27. The molecule has 1 saturated heterocycles. The van der Waals surface area contributed by atoms with Crippen LogP contribution in [0.15, 0.2) is 17.5 Å². The normalized spacial score (nSPS) is 20.8. The van der Waals surface area contributed by atoms with Gasteiger partial charge in [0.05, 0.1) is 17.9 Å². The van der Waals surface area contributed by atoms with E-state index >= 15 is 0 Å². The highest BCUT2D eigenvalue weighted by Gasteiger charge is 2.23. The summed E-state index contributed by atoms with van der Waals surface area (Å²) in [7, 11) is 0. The van der Waals surface area contributed by atoms with E-state index < -0.39 is 0 Å². The van der Waals surface area contributed by atoms with Crippen LogP contribution in [0.4, 0.5) is 0 Å². The first-order valence-electron chi connectivity index (χ1n) is 6.27. The monoisotopic (exact) mass is 285 g/mol. The van der Waals surface area contributed by atoms with Crippen molar-refractivity contribution in [2.45, 2.75) is 37.7 Å². The van der Waals surface area contributed by atoms with E-state index in [0.29, 0.717) is 5.75 Å². The van der Waals surface area contributed by atoms with E-state index in [1.807, 2.05) is 13.0 Å². The van der Waals surface area contributed by atoms with Crippen molar-refractivity contribution in [1.29, 1.82) is 0 Å². The molecule has 100 valence electrons. The van der Waals surface area contributed by atoms with Crippen LogP contribution in [-0.2, 0) is 15.3 Å². The number of carbonyl (C=O) groups is 1. The third-order valence-electron chi connectivity index (χ3n) is 2.97. The van der Waals surface area contributed by atoms with Gasteiger partial charge in [-0.3, -0.25) is 4.79 Å². The lowest BCUT2D eigenvalue weighted by Crippen LogP contribution is -2.41. The zero-order valence-electron chi connectivity index (χ0n) is 10.6.